The van der Waals surface area contributed by atoms with E-state index >= 15 is 0 Å². The van der Waals surface area contributed by atoms with Gasteiger partial charge in [-0.3, -0.25) is 4.79 Å². The van der Waals surface area contributed by atoms with Gasteiger partial charge in [0.15, 0.2) is 0 Å². The van der Waals surface area contributed by atoms with E-state index < -0.39 is 5.91 Å². The summed E-state index contributed by atoms with van der Waals surface area (Å²) in [5.74, 6) is 0.388. The van der Waals surface area contributed by atoms with Crippen molar-refractivity contribution < 1.29 is 9.53 Å². The molecule has 1 unspecified atom stereocenters. The molecule has 0 bridgehead atoms. The molecule has 112 valence electrons. The Kier molecular flexibility index (Phi) is 3.96. The average Bonchev–Trinajstić information content (AvgIpc) is 2.74. The lowest BCUT2D eigenvalue weighted by Gasteiger charge is -2.19. The molecule has 0 radical (unpaired) electrons. The molecule has 0 fully saturated rings. The van der Waals surface area contributed by atoms with Crippen molar-refractivity contribution in [3.63, 3.8) is 0 Å². The SMILES string of the molecule is CCc1ccc(C2CC(C(N)=O)=Cc3ccccc3O2)cc1. The van der Waals surface area contributed by atoms with Crippen LogP contribution >= 0.6 is 0 Å². The first-order valence-electron chi connectivity index (χ1n) is 7.52. The van der Waals surface area contributed by atoms with Gasteiger partial charge in [0.25, 0.3) is 0 Å². The van der Waals surface area contributed by atoms with Crippen molar-refractivity contribution in [2.75, 3.05) is 0 Å². The number of amides is 1. The van der Waals surface area contributed by atoms with E-state index in [9.17, 15) is 4.79 Å². The molecule has 3 heteroatoms. The third kappa shape index (κ3) is 2.89. The van der Waals surface area contributed by atoms with E-state index in [1.54, 1.807) is 0 Å². The largest absolute Gasteiger partial charge is 0.485 e. The van der Waals surface area contributed by atoms with Crippen LogP contribution in [0.15, 0.2) is 54.1 Å². The number of carbonyl (C=O) groups excluding carboxylic acids is 1. The Labute approximate surface area is 130 Å². The number of benzene rings is 2. The van der Waals surface area contributed by atoms with Crippen molar-refractivity contribution in [3.8, 4) is 5.75 Å². The second-order valence-corrected chi connectivity index (χ2v) is 5.48. The third-order valence-electron chi connectivity index (χ3n) is 4.00. The fourth-order valence-corrected chi connectivity index (χ4v) is 2.67. The maximum absolute atomic E-state index is 11.7. The standard InChI is InChI=1S/C19H19NO2/c1-2-13-7-9-14(10-8-13)18-12-16(19(20)21)11-15-5-3-4-6-17(15)22-18/h3-11,18H,2,12H2,1H3,(H2,20,21). The number of hydrogen-bond acceptors (Lipinski definition) is 2. The van der Waals surface area contributed by atoms with Crippen LogP contribution in [-0.2, 0) is 11.2 Å². The molecule has 2 aromatic rings. The van der Waals surface area contributed by atoms with Gasteiger partial charge < -0.3 is 10.5 Å². The average molecular weight is 293 g/mol. The molecule has 0 saturated carbocycles. The van der Waals surface area contributed by atoms with E-state index in [-0.39, 0.29) is 6.10 Å². The summed E-state index contributed by atoms with van der Waals surface area (Å²) in [4.78, 5) is 11.7. The lowest BCUT2D eigenvalue weighted by molar-refractivity contribution is -0.114. The van der Waals surface area contributed by atoms with Gasteiger partial charge in [-0.25, -0.2) is 0 Å². The molecule has 1 atom stereocenters. The van der Waals surface area contributed by atoms with E-state index in [1.165, 1.54) is 5.56 Å². The van der Waals surface area contributed by atoms with Gasteiger partial charge in [-0.2, -0.15) is 0 Å². The topological polar surface area (TPSA) is 52.3 Å². The monoisotopic (exact) mass is 293 g/mol. The van der Waals surface area contributed by atoms with Crippen LogP contribution in [0.2, 0.25) is 0 Å². The minimum absolute atomic E-state index is 0.201. The van der Waals surface area contributed by atoms with Crippen molar-refractivity contribution in [1.82, 2.24) is 0 Å². The quantitative estimate of drug-likeness (QED) is 0.939. The predicted octanol–water partition coefficient (Wildman–Crippen LogP) is 3.64. The Morgan fingerprint density at radius 3 is 2.59 bits per heavy atom. The van der Waals surface area contributed by atoms with E-state index in [0.717, 1.165) is 23.3 Å². The van der Waals surface area contributed by atoms with Crippen LogP contribution in [0, 0.1) is 0 Å². The van der Waals surface area contributed by atoms with Gasteiger partial charge in [0.2, 0.25) is 5.91 Å². The second kappa shape index (κ2) is 6.06. The van der Waals surface area contributed by atoms with Gasteiger partial charge in [0.05, 0.1) is 0 Å². The maximum atomic E-state index is 11.7. The summed E-state index contributed by atoms with van der Waals surface area (Å²) in [6, 6.07) is 16.0. The molecule has 3 nitrogen and oxygen atoms in total. The maximum Gasteiger partial charge on any atom is 0.244 e. The second-order valence-electron chi connectivity index (χ2n) is 5.48. The Bertz CT molecular complexity index is 716. The van der Waals surface area contributed by atoms with Crippen LogP contribution in [0.5, 0.6) is 5.75 Å². The summed E-state index contributed by atoms with van der Waals surface area (Å²) in [6.07, 6.45) is 3.11. The third-order valence-corrected chi connectivity index (χ3v) is 4.00. The van der Waals surface area contributed by atoms with E-state index in [1.807, 2.05) is 30.3 Å². The summed E-state index contributed by atoms with van der Waals surface area (Å²) in [5, 5.41) is 0. The van der Waals surface area contributed by atoms with Crippen LogP contribution < -0.4 is 10.5 Å². The number of primary amides is 1. The summed E-state index contributed by atoms with van der Waals surface area (Å²) < 4.78 is 6.14. The van der Waals surface area contributed by atoms with Crippen molar-refractivity contribution >= 4 is 12.0 Å². The zero-order chi connectivity index (χ0) is 15.5. The molecule has 1 aliphatic heterocycles. The fourth-order valence-electron chi connectivity index (χ4n) is 2.67. The fraction of sp³-hybridized carbons (Fsp3) is 0.211. The first kappa shape index (κ1) is 14.4. The Balaban J connectivity index is 1.99. The van der Waals surface area contributed by atoms with Gasteiger partial charge in [-0.15, -0.1) is 0 Å². The van der Waals surface area contributed by atoms with Crippen LogP contribution in [-0.4, -0.2) is 5.91 Å². The molecule has 1 amide bonds. The summed E-state index contributed by atoms with van der Waals surface area (Å²) in [7, 11) is 0. The molecule has 0 saturated heterocycles. The number of carbonyl (C=O) groups is 1. The molecule has 2 N–H and O–H groups in total. The number of ether oxygens (including phenoxy) is 1. The molecule has 2 aromatic carbocycles. The number of hydrogen-bond donors (Lipinski definition) is 1. The molecular formula is C19H19NO2. The number of rotatable bonds is 3. The lowest BCUT2D eigenvalue weighted by Crippen LogP contribution is -2.17. The van der Waals surface area contributed by atoms with Crippen LogP contribution in [0.4, 0.5) is 0 Å². The Hall–Kier alpha value is -2.55. The molecule has 0 spiro atoms. The van der Waals surface area contributed by atoms with Crippen molar-refractivity contribution in [3.05, 3.63) is 70.8 Å². The Morgan fingerprint density at radius 2 is 1.91 bits per heavy atom. The number of fused-ring (bicyclic) bond motifs is 1. The minimum atomic E-state index is -0.393. The highest BCUT2D eigenvalue weighted by atomic mass is 16.5. The summed E-state index contributed by atoms with van der Waals surface area (Å²) in [5.41, 5.74) is 9.34. The first-order valence-corrected chi connectivity index (χ1v) is 7.52. The molecule has 3 rings (SSSR count). The van der Waals surface area contributed by atoms with Crippen LogP contribution in [0.1, 0.15) is 36.1 Å². The van der Waals surface area contributed by atoms with E-state index in [2.05, 4.69) is 31.2 Å². The summed E-state index contributed by atoms with van der Waals surface area (Å²) >= 11 is 0. The normalized spacial score (nSPS) is 17.0. The van der Waals surface area contributed by atoms with Gasteiger partial charge in [-0.1, -0.05) is 49.4 Å². The van der Waals surface area contributed by atoms with Crippen molar-refractivity contribution in [1.29, 1.82) is 0 Å². The zero-order valence-corrected chi connectivity index (χ0v) is 12.6. The molecule has 1 aliphatic rings. The van der Waals surface area contributed by atoms with Crippen molar-refractivity contribution in [2.24, 2.45) is 5.73 Å². The van der Waals surface area contributed by atoms with E-state index in [0.29, 0.717) is 12.0 Å². The van der Waals surface area contributed by atoms with Crippen molar-refractivity contribution in [2.45, 2.75) is 25.9 Å². The molecular weight excluding hydrogens is 274 g/mol. The zero-order valence-electron chi connectivity index (χ0n) is 12.6. The minimum Gasteiger partial charge on any atom is -0.485 e. The van der Waals surface area contributed by atoms with Gasteiger partial charge in [0, 0.05) is 17.6 Å². The Morgan fingerprint density at radius 1 is 1.18 bits per heavy atom. The number of para-hydroxylation sites is 1. The highest BCUT2D eigenvalue weighted by Gasteiger charge is 2.22. The van der Waals surface area contributed by atoms with Gasteiger partial charge >= 0.3 is 0 Å². The summed E-state index contributed by atoms with van der Waals surface area (Å²) in [6.45, 7) is 2.13. The molecule has 22 heavy (non-hydrogen) atoms. The molecule has 0 aliphatic carbocycles. The number of nitrogens with two attached hydrogens (primary N) is 1. The predicted molar refractivity (Wildman–Crippen MR) is 87.4 cm³/mol. The highest BCUT2D eigenvalue weighted by Crippen LogP contribution is 2.35. The number of aryl methyl sites for hydroxylation is 1. The first-order chi connectivity index (χ1) is 10.7. The molecule has 1 heterocycles. The van der Waals surface area contributed by atoms with Crippen LogP contribution in [0.25, 0.3) is 6.08 Å². The lowest BCUT2D eigenvalue weighted by atomic mass is 9.99. The van der Waals surface area contributed by atoms with Gasteiger partial charge in [0.1, 0.15) is 11.9 Å². The van der Waals surface area contributed by atoms with Gasteiger partial charge in [-0.05, 0) is 29.7 Å². The van der Waals surface area contributed by atoms with E-state index in [4.69, 9.17) is 10.5 Å². The molecule has 0 aromatic heterocycles. The smallest absolute Gasteiger partial charge is 0.244 e. The highest BCUT2D eigenvalue weighted by molar-refractivity contribution is 5.97. The van der Waals surface area contributed by atoms with Crippen LogP contribution in [0.3, 0.4) is 0 Å².